The van der Waals surface area contributed by atoms with E-state index in [0.717, 1.165) is 18.7 Å². The number of rotatable bonds is 7. The van der Waals surface area contributed by atoms with Crippen molar-refractivity contribution in [1.29, 1.82) is 0 Å². The van der Waals surface area contributed by atoms with Crippen molar-refractivity contribution in [2.24, 2.45) is 11.3 Å². The van der Waals surface area contributed by atoms with Crippen molar-refractivity contribution in [1.82, 2.24) is 15.5 Å². The van der Waals surface area contributed by atoms with E-state index in [0.29, 0.717) is 32.5 Å². The molecule has 7 heteroatoms. The molecule has 2 atom stereocenters. The Kier molecular flexibility index (Phi) is 6.45. The summed E-state index contributed by atoms with van der Waals surface area (Å²) < 4.78 is 0. The number of anilines is 1. The minimum atomic E-state index is -0.611. The van der Waals surface area contributed by atoms with Gasteiger partial charge in [0.2, 0.25) is 17.7 Å². The summed E-state index contributed by atoms with van der Waals surface area (Å²) >= 11 is 0. The summed E-state index contributed by atoms with van der Waals surface area (Å²) in [6.45, 7) is 6.14. The van der Waals surface area contributed by atoms with Crippen LogP contribution in [-0.4, -0.2) is 61.9 Å². The van der Waals surface area contributed by atoms with Gasteiger partial charge in [0.1, 0.15) is 6.04 Å². The van der Waals surface area contributed by atoms with Crippen LogP contribution in [0.5, 0.6) is 0 Å². The molecule has 2 N–H and O–H groups in total. The molecule has 0 saturated carbocycles. The smallest absolute Gasteiger partial charge is 0.242 e. The molecule has 2 aliphatic rings. The first kappa shape index (κ1) is 21.1. The molecule has 0 unspecified atom stereocenters. The SMILES string of the molecule is CC(C)C(=O)N1CC[C@@]2(C[C@@H](C(=O)NCCCN(C)c3ccccc3)NC2=O)C1. The Morgan fingerprint density at radius 2 is 2.03 bits per heavy atom. The van der Waals surface area contributed by atoms with Crippen LogP contribution < -0.4 is 15.5 Å². The van der Waals surface area contributed by atoms with Gasteiger partial charge in [-0.3, -0.25) is 14.4 Å². The number of para-hydroxylation sites is 1. The standard InChI is InChI=1S/C22H32N4O3/c1-16(2)20(28)26-13-10-22(15-26)14-18(24-21(22)29)19(27)23-11-7-12-25(3)17-8-5-4-6-9-17/h4-6,8-9,16,18H,7,10-15H2,1-3H3,(H,23,27)(H,24,29)/t18-,22+/m0/s1. The second-order valence-electron chi connectivity index (χ2n) is 8.58. The Hall–Kier alpha value is -2.57. The van der Waals surface area contributed by atoms with Crippen molar-refractivity contribution < 1.29 is 14.4 Å². The molecule has 0 aromatic heterocycles. The fraction of sp³-hybridized carbons (Fsp3) is 0.591. The third kappa shape index (κ3) is 4.71. The van der Waals surface area contributed by atoms with E-state index in [-0.39, 0.29) is 23.6 Å². The van der Waals surface area contributed by atoms with Crippen LogP contribution in [0.4, 0.5) is 5.69 Å². The summed E-state index contributed by atoms with van der Waals surface area (Å²) in [5, 5.41) is 5.80. The summed E-state index contributed by atoms with van der Waals surface area (Å²) in [5.41, 5.74) is 0.533. The number of amides is 3. The molecule has 3 amide bonds. The van der Waals surface area contributed by atoms with Crippen molar-refractivity contribution >= 4 is 23.4 Å². The summed E-state index contributed by atoms with van der Waals surface area (Å²) in [7, 11) is 2.03. The van der Waals surface area contributed by atoms with Gasteiger partial charge in [0.25, 0.3) is 0 Å². The van der Waals surface area contributed by atoms with E-state index < -0.39 is 11.5 Å². The zero-order chi connectivity index (χ0) is 21.0. The van der Waals surface area contributed by atoms with Crippen molar-refractivity contribution in [2.75, 3.05) is 38.1 Å². The topological polar surface area (TPSA) is 81.8 Å². The van der Waals surface area contributed by atoms with Crippen LogP contribution in [0, 0.1) is 11.3 Å². The molecule has 158 valence electrons. The average molecular weight is 401 g/mol. The van der Waals surface area contributed by atoms with E-state index in [1.165, 1.54) is 0 Å². The van der Waals surface area contributed by atoms with Crippen molar-refractivity contribution in [3.8, 4) is 0 Å². The first-order valence-corrected chi connectivity index (χ1v) is 10.5. The van der Waals surface area contributed by atoms with Gasteiger partial charge in [-0.25, -0.2) is 0 Å². The van der Waals surface area contributed by atoms with E-state index in [1.54, 1.807) is 4.90 Å². The Labute approximate surface area is 172 Å². The number of nitrogens with one attached hydrogen (secondary N) is 2. The molecule has 1 aromatic rings. The molecule has 1 aromatic carbocycles. The number of hydrogen-bond acceptors (Lipinski definition) is 4. The van der Waals surface area contributed by atoms with Crippen LogP contribution in [-0.2, 0) is 14.4 Å². The Bertz CT molecular complexity index is 752. The normalized spacial score (nSPS) is 23.5. The summed E-state index contributed by atoms with van der Waals surface area (Å²) in [5.74, 6) is -0.236. The fourth-order valence-corrected chi connectivity index (χ4v) is 4.24. The maximum Gasteiger partial charge on any atom is 0.242 e. The van der Waals surface area contributed by atoms with E-state index >= 15 is 0 Å². The van der Waals surface area contributed by atoms with Gasteiger partial charge >= 0.3 is 0 Å². The van der Waals surface area contributed by atoms with Gasteiger partial charge in [-0.1, -0.05) is 32.0 Å². The molecule has 0 radical (unpaired) electrons. The highest BCUT2D eigenvalue weighted by Gasteiger charge is 2.53. The maximum absolute atomic E-state index is 12.6. The highest BCUT2D eigenvalue weighted by atomic mass is 16.2. The first-order valence-electron chi connectivity index (χ1n) is 10.5. The number of likely N-dealkylation sites (tertiary alicyclic amines) is 1. The lowest BCUT2D eigenvalue weighted by molar-refractivity contribution is -0.134. The molecular formula is C22H32N4O3. The minimum absolute atomic E-state index is 0.0742. The molecule has 2 fully saturated rings. The summed E-state index contributed by atoms with van der Waals surface area (Å²) in [6, 6.07) is 9.60. The molecule has 2 saturated heterocycles. The van der Waals surface area contributed by atoms with Crippen LogP contribution >= 0.6 is 0 Å². The van der Waals surface area contributed by atoms with Gasteiger partial charge in [0.15, 0.2) is 0 Å². The lowest BCUT2D eigenvalue weighted by Gasteiger charge is -2.22. The second kappa shape index (κ2) is 8.84. The number of carbonyl (C=O) groups is 3. The van der Waals surface area contributed by atoms with Gasteiger partial charge in [0, 0.05) is 44.8 Å². The minimum Gasteiger partial charge on any atom is -0.375 e. The van der Waals surface area contributed by atoms with Gasteiger partial charge in [-0.05, 0) is 31.4 Å². The van der Waals surface area contributed by atoms with Crippen LogP contribution in [0.15, 0.2) is 30.3 Å². The van der Waals surface area contributed by atoms with Crippen LogP contribution in [0.25, 0.3) is 0 Å². The Morgan fingerprint density at radius 3 is 2.72 bits per heavy atom. The highest BCUT2D eigenvalue weighted by molar-refractivity contribution is 5.95. The van der Waals surface area contributed by atoms with Crippen LogP contribution in [0.2, 0.25) is 0 Å². The fourth-order valence-electron chi connectivity index (χ4n) is 4.24. The predicted molar refractivity (Wildman–Crippen MR) is 112 cm³/mol. The summed E-state index contributed by atoms with van der Waals surface area (Å²) in [4.78, 5) is 41.3. The molecule has 0 bridgehead atoms. The van der Waals surface area contributed by atoms with Gasteiger partial charge in [-0.2, -0.15) is 0 Å². The molecular weight excluding hydrogens is 368 g/mol. The zero-order valence-corrected chi connectivity index (χ0v) is 17.6. The average Bonchev–Trinajstić information content (AvgIpc) is 3.29. The first-order chi connectivity index (χ1) is 13.8. The van der Waals surface area contributed by atoms with Crippen molar-refractivity contribution in [3.05, 3.63) is 30.3 Å². The summed E-state index contributed by atoms with van der Waals surface area (Å²) in [6.07, 6.45) is 1.91. The van der Waals surface area contributed by atoms with E-state index in [9.17, 15) is 14.4 Å². The zero-order valence-electron chi connectivity index (χ0n) is 17.6. The van der Waals surface area contributed by atoms with Crippen molar-refractivity contribution in [2.45, 2.75) is 39.2 Å². The lowest BCUT2D eigenvalue weighted by atomic mass is 9.84. The largest absolute Gasteiger partial charge is 0.375 e. The molecule has 29 heavy (non-hydrogen) atoms. The van der Waals surface area contributed by atoms with Gasteiger partial charge in [-0.15, -0.1) is 0 Å². The van der Waals surface area contributed by atoms with Crippen LogP contribution in [0.1, 0.15) is 33.1 Å². The molecule has 1 spiro atoms. The van der Waals surface area contributed by atoms with Gasteiger partial charge < -0.3 is 20.4 Å². The molecule has 0 aliphatic carbocycles. The third-order valence-corrected chi connectivity index (χ3v) is 6.02. The molecule has 2 heterocycles. The Morgan fingerprint density at radius 1 is 1.31 bits per heavy atom. The maximum atomic E-state index is 12.6. The van der Waals surface area contributed by atoms with E-state index in [4.69, 9.17) is 0 Å². The Balaban J connectivity index is 1.44. The highest BCUT2D eigenvalue weighted by Crippen LogP contribution is 2.39. The van der Waals surface area contributed by atoms with Crippen molar-refractivity contribution in [3.63, 3.8) is 0 Å². The quantitative estimate of drug-likeness (QED) is 0.678. The second-order valence-corrected chi connectivity index (χ2v) is 8.58. The number of hydrogen-bond donors (Lipinski definition) is 2. The van der Waals surface area contributed by atoms with Crippen LogP contribution in [0.3, 0.4) is 0 Å². The molecule has 3 rings (SSSR count). The number of benzene rings is 1. The number of carbonyl (C=O) groups excluding carboxylic acids is 3. The lowest BCUT2D eigenvalue weighted by Crippen LogP contribution is -2.42. The number of nitrogens with zero attached hydrogens (tertiary/aromatic N) is 2. The third-order valence-electron chi connectivity index (χ3n) is 6.02. The molecule has 2 aliphatic heterocycles. The van der Waals surface area contributed by atoms with E-state index in [2.05, 4.69) is 27.7 Å². The van der Waals surface area contributed by atoms with Gasteiger partial charge in [0.05, 0.1) is 5.41 Å². The molecule has 7 nitrogen and oxygen atoms in total. The predicted octanol–water partition coefficient (Wildman–Crippen LogP) is 1.39. The monoisotopic (exact) mass is 400 g/mol. The van der Waals surface area contributed by atoms with E-state index in [1.807, 2.05) is 39.1 Å².